The molecule has 0 unspecified atom stereocenters. The molecule has 5 heteroatoms. The summed E-state index contributed by atoms with van der Waals surface area (Å²) in [4.78, 5) is 4.28. The van der Waals surface area contributed by atoms with E-state index in [1.165, 1.54) is 5.56 Å². The van der Waals surface area contributed by atoms with Gasteiger partial charge in [-0.1, -0.05) is 15.9 Å². The largest absolute Gasteiger partial charge is 0.383 e. The summed E-state index contributed by atoms with van der Waals surface area (Å²) >= 11 is 3.52. The molecule has 19 heavy (non-hydrogen) atoms. The zero-order valence-electron chi connectivity index (χ0n) is 11.2. The highest BCUT2D eigenvalue weighted by Gasteiger charge is 2.07. The molecule has 4 nitrogen and oxygen atoms in total. The number of hydrogen-bond donors (Lipinski definition) is 1. The van der Waals surface area contributed by atoms with Crippen molar-refractivity contribution >= 4 is 15.9 Å². The van der Waals surface area contributed by atoms with Gasteiger partial charge in [0.2, 0.25) is 0 Å². The van der Waals surface area contributed by atoms with Crippen molar-refractivity contribution in [3.8, 4) is 5.69 Å². The summed E-state index contributed by atoms with van der Waals surface area (Å²) in [7, 11) is 1.71. The maximum atomic E-state index is 5.04. The molecule has 0 spiro atoms. The molecule has 1 aromatic carbocycles. The number of nitrogens with one attached hydrogen (secondary N) is 1. The summed E-state index contributed by atoms with van der Waals surface area (Å²) in [5.41, 5.74) is 2.38. The molecule has 0 atom stereocenters. The fraction of sp³-hybridized carbons (Fsp3) is 0.357. The van der Waals surface area contributed by atoms with E-state index in [0.717, 1.165) is 29.1 Å². The first-order valence-corrected chi connectivity index (χ1v) is 7.00. The van der Waals surface area contributed by atoms with E-state index in [4.69, 9.17) is 4.74 Å². The van der Waals surface area contributed by atoms with Gasteiger partial charge in [0.05, 0.1) is 12.3 Å². The molecular formula is C14H18BrN3O. The number of methoxy groups -OCH3 is 1. The first kappa shape index (κ1) is 14.2. The lowest BCUT2D eigenvalue weighted by Crippen LogP contribution is -2.19. The van der Waals surface area contributed by atoms with Crippen LogP contribution in [0.25, 0.3) is 5.69 Å². The second-order valence-electron chi connectivity index (χ2n) is 4.29. The standard InChI is InChI=1S/C14H18BrN3O/c1-11-17-5-7-18(11)14-4-3-13(15)9-12(14)10-16-6-8-19-2/h3-5,7,9,16H,6,8,10H2,1-2H3. The number of imidazole rings is 1. The maximum absolute atomic E-state index is 5.04. The van der Waals surface area contributed by atoms with E-state index in [1.54, 1.807) is 7.11 Å². The summed E-state index contributed by atoms with van der Waals surface area (Å²) in [5.74, 6) is 0.987. The van der Waals surface area contributed by atoms with Crippen LogP contribution >= 0.6 is 15.9 Å². The van der Waals surface area contributed by atoms with Gasteiger partial charge in [0, 0.05) is 37.1 Å². The van der Waals surface area contributed by atoms with E-state index in [1.807, 2.05) is 25.4 Å². The first-order chi connectivity index (χ1) is 9.22. The SMILES string of the molecule is COCCNCc1cc(Br)ccc1-n1ccnc1C. The number of halogens is 1. The molecule has 0 saturated carbocycles. The number of aryl methyl sites for hydroxylation is 1. The van der Waals surface area contributed by atoms with Crippen LogP contribution in [-0.4, -0.2) is 29.8 Å². The Bertz CT molecular complexity index is 539. The summed E-state index contributed by atoms with van der Waals surface area (Å²) in [6, 6.07) is 6.29. The molecule has 0 fully saturated rings. The van der Waals surface area contributed by atoms with Crippen LogP contribution in [0.3, 0.4) is 0 Å². The predicted molar refractivity (Wildman–Crippen MR) is 79.6 cm³/mol. The Kier molecular flexibility index (Phi) is 5.13. The average molecular weight is 324 g/mol. The number of rotatable bonds is 6. The van der Waals surface area contributed by atoms with E-state index >= 15 is 0 Å². The number of benzene rings is 1. The fourth-order valence-electron chi connectivity index (χ4n) is 1.96. The molecule has 2 aromatic rings. The highest BCUT2D eigenvalue weighted by atomic mass is 79.9. The molecule has 0 radical (unpaired) electrons. The Morgan fingerprint density at radius 3 is 2.95 bits per heavy atom. The molecule has 0 aliphatic carbocycles. The minimum absolute atomic E-state index is 0.716. The van der Waals surface area contributed by atoms with Gasteiger partial charge in [-0.3, -0.25) is 0 Å². The van der Waals surface area contributed by atoms with Crippen LogP contribution in [0, 0.1) is 6.92 Å². The highest BCUT2D eigenvalue weighted by molar-refractivity contribution is 9.10. The lowest BCUT2D eigenvalue weighted by molar-refractivity contribution is 0.199. The number of hydrogen-bond acceptors (Lipinski definition) is 3. The summed E-state index contributed by atoms with van der Waals surface area (Å²) in [6.07, 6.45) is 3.80. The van der Waals surface area contributed by atoms with Crippen LogP contribution < -0.4 is 5.32 Å². The van der Waals surface area contributed by atoms with Crippen LogP contribution in [0.4, 0.5) is 0 Å². The monoisotopic (exact) mass is 323 g/mol. The predicted octanol–water partition coefficient (Wildman–Crippen LogP) is 2.68. The third-order valence-corrected chi connectivity index (χ3v) is 3.42. The Hall–Kier alpha value is -1.17. The van der Waals surface area contributed by atoms with Crippen LogP contribution in [0.2, 0.25) is 0 Å². The van der Waals surface area contributed by atoms with Gasteiger partial charge in [0.1, 0.15) is 5.82 Å². The van der Waals surface area contributed by atoms with Crippen molar-refractivity contribution in [2.75, 3.05) is 20.3 Å². The maximum Gasteiger partial charge on any atom is 0.110 e. The van der Waals surface area contributed by atoms with Gasteiger partial charge >= 0.3 is 0 Å². The molecule has 102 valence electrons. The second-order valence-corrected chi connectivity index (χ2v) is 5.20. The third kappa shape index (κ3) is 3.65. The normalized spacial score (nSPS) is 10.9. The van der Waals surface area contributed by atoms with Gasteiger partial charge in [-0.2, -0.15) is 0 Å². The van der Waals surface area contributed by atoms with Crippen LogP contribution in [0.1, 0.15) is 11.4 Å². The Morgan fingerprint density at radius 1 is 1.42 bits per heavy atom. The molecule has 0 aliphatic heterocycles. The van der Waals surface area contributed by atoms with Crippen molar-refractivity contribution < 1.29 is 4.74 Å². The van der Waals surface area contributed by atoms with Crippen LogP contribution in [-0.2, 0) is 11.3 Å². The zero-order chi connectivity index (χ0) is 13.7. The highest BCUT2D eigenvalue weighted by Crippen LogP contribution is 2.21. The van der Waals surface area contributed by atoms with Crippen molar-refractivity contribution in [2.24, 2.45) is 0 Å². The second kappa shape index (κ2) is 6.84. The van der Waals surface area contributed by atoms with E-state index in [2.05, 4.69) is 42.9 Å². The lowest BCUT2D eigenvalue weighted by atomic mass is 10.1. The third-order valence-electron chi connectivity index (χ3n) is 2.93. The Balaban J connectivity index is 2.21. The van der Waals surface area contributed by atoms with E-state index in [9.17, 15) is 0 Å². The number of nitrogens with zero attached hydrogens (tertiary/aromatic N) is 2. The molecular weight excluding hydrogens is 306 g/mol. The molecule has 0 saturated heterocycles. The Morgan fingerprint density at radius 2 is 2.26 bits per heavy atom. The minimum Gasteiger partial charge on any atom is -0.383 e. The molecule has 1 heterocycles. The minimum atomic E-state index is 0.716. The summed E-state index contributed by atoms with van der Waals surface area (Å²) in [6.45, 7) is 4.36. The molecule has 0 amide bonds. The van der Waals surface area contributed by atoms with Crippen molar-refractivity contribution in [3.63, 3.8) is 0 Å². The van der Waals surface area contributed by atoms with Crippen LogP contribution in [0.15, 0.2) is 35.1 Å². The van der Waals surface area contributed by atoms with Crippen LogP contribution in [0.5, 0.6) is 0 Å². The molecule has 1 aromatic heterocycles. The number of ether oxygens (including phenoxy) is 1. The van der Waals surface area contributed by atoms with E-state index < -0.39 is 0 Å². The van der Waals surface area contributed by atoms with Gasteiger partial charge in [-0.15, -0.1) is 0 Å². The molecule has 0 bridgehead atoms. The smallest absolute Gasteiger partial charge is 0.110 e. The van der Waals surface area contributed by atoms with Gasteiger partial charge < -0.3 is 14.6 Å². The number of aromatic nitrogens is 2. The van der Waals surface area contributed by atoms with E-state index in [-0.39, 0.29) is 0 Å². The molecule has 2 rings (SSSR count). The summed E-state index contributed by atoms with van der Waals surface area (Å²) < 4.78 is 8.22. The van der Waals surface area contributed by atoms with Gasteiger partial charge in [0.25, 0.3) is 0 Å². The van der Waals surface area contributed by atoms with Gasteiger partial charge in [0.15, 0.2) is 0 Å². The Labute approximate surface area is 121 Å². The lowest BCUT2D eigenvalue weighted by Gasteiger charge is -2.13. The van der Waals surface area contributed by atoms with Gasteiger partial charge in [-0.25, -0.2) is 4.98 Å². The fourth-order valence-corrected chi connectivity index (χ4v) is 2.37. The van der Waals surface area contributed by atoms with Crippen molar-refractivity contribution in [1.29, 1.82) is 0 Å². The van der Waals surface area contributed by atoms with Crippen molar-refractivity contribution in [3.05, 3.63) is 46.5 Å². The van der Waals surface area contributed by atoms with E-state index in [0.29, 0.717) is 6.61 Å². The molecule has 0 aliphatic rings. The molecule has 1 N–H and O–H groups in total. The zero-order valence-corrected chi connectivity index (χ0v) is 12.8. The van der Waals surface area contributed by atoms with Gasteiger partial charge in [-0.05, 0) is 30.7 Å². The van der Waals surface area contributed by atoms with Crippen molar-refractivity contribution in [1.82, 2.24) is 14.9 Å². The average Bonchev–Trinajstić information content (AvgIpc) is 2.81. The quantitative estimate of drug-likeness (QED) is 0.831. The summed E-state index contributed by atoms with van der Waals surface area (Å²) in [5, 5.41) is 3.37. The first-order valence-electron chi connectivity index (χ1n) is 6.21. The topological polar surface area (TPSA) is 39.1 Å². The van der Waals surface area contributed by atoms with Crippen molar-refractivity contribution in [2.45, 2.75) is 13.5 Å².